The van der Waals surface area contributed by atoms with Crippen LogP contribution >= 0.6 is 0 Å². The molecule has 130 valence electrons. The second-order valence-corrected chi connectivity index (χ2v) is 4.95. The Morgan fingerprint density at radius 1 is 1.00 bits per heavy atom. The van der Waals surface area contributed by atoms with Crippen LogP contribution in [0, 0.1) is 0 Å². The predicted molar refractivity (Wildman–Crippen MR) is 94.1 cm³/mol. The number of benzene rings is 1. The van der Waals surface area contributed by atoms with E-state index in [0.29, 0.717) is 5.75 Å². The molecule has 0 spiro atoms. The summed E-state index contributed by atoms with van der Waals surface area (Å²) in [4.78, 5) is 4.49. The molecule has 0 heterocycles. The standard InChI is InChI=1S/C17H29N3O3/c1-6-9-19-17(18-7-2)20-10-8-14-15(22-4)11-13(21-3)12-16(14)23-5/h11-12H,6-10H2,1-5H3,(H2,18,19,20). The second-order valence-electron chi connectivity index (χ2n) is 4.95. The maximum atomic E-state index is 5.47. The van der Waals surface area contributed by atoms with Crippen molar-refractivity contribution in [3.8, 4) is 17.2 Å². The average molecular weight is 323 g/mol. The van der Waals surface area contributed by atoms with Crippen LogP contribution in [0.2, 0.25) is 0 Å². The maximum absolute atomic E-state index is 5.47. The first-order valence-electron chi connectivity index (χ1n) is 8.01. The Labute approximate surface area is 139 Å². The van der Waals surface area contributed by atoms with Gasteiger partial charge in [-0.3, -0.25) is 4.99 Å². The first kappa shape index (κ1) is 18.9. The molecule has 0 bridgehead atoms. The van der Waals surface area contributed by atoms with Crippen LogP contribution in [0.4, 0.5) is 0 Å². The lowest BCUT2D eigenvalue weighted by Crippen LogP contribution is -2.38. The first-order valence-corrected chi connectivity index (χ1v) is 8.01. The molecule has 0 aliphatic rings. The van der Waals surface area contributed by atoms with Crippen LogP contribution in [-0.4, -0.2) is 46.9 Å². The van der Waals surface area contributed by atoms with Gasteiger partial charge in [-0.2, -0.15) is 0 Å². The van der Waals surface area contributed by atoms with E-state index in [-0.39, 0.29) is 0 Å². The topological polar surface area (TPSA) is 64.1 Å². The van der Waals surface area contributed by atoms with Crippen LogP contribution in [0.5, 0.6) is 17.2 Å². The van der Waals surface area contributed by atoms with Gasteiger partial charge in [0, 0.05) is 37.3 Å². The zero-order chi connectivity index (χ0) is 17.1. The van der Waals surface area contributed by atoms with E-state index in [1.54, 1.807) is 21.3 Å². The van der Waals surface area contributed by atoms with E-state index < -0.39 is 0 Å². The maximum Gasteiger partial charge on any atom is 0.191 e. The van der Waals surface area contributed by atoms with E-state index in [1.807, 2.05) is 12.1 Å². The van der Waals surface area contributed by atoms with E-state index in [0.717, 1.165) is 55.5 Å². The van der Waals surface area contributed by atoms with Crippen molar-refractivity contribution < 1.29 is 14.2 Å². The molecular weight excluding hydrogens is 294 g/mol. The van der Waals surface area contributed by atoms with E-state index in [2.05, 4.69) is 29.5 Å². The smallest absolute Gasteiger partial charge is 0.191 e. The predicted octanol–water partition coefficient (Wildman–Crippen LogP) is 2.22. The molecule has 0 radical (unpaired) electrons. The van der Waals surface area contributed by atoms with Crippen molar-refractivity contribution >= 4 is 5.96 Å². The summed E-state index contributed by atoms with van der Waals surface area (Å²) in [5.74, 6) is 3.08. The second kappa shape index (κ2) is 10.6. The average Bonchev–Trinajstić information content (AvgIpc) is 2.59. The highest BCUT2D eigenvalue weighted by atomic mass is 16.5. The Hall–Kier alpha value is -2.11. The summed E-state index contributed by atoms with van der Waals surface area (Å²) in [5, 5.41) is 6.57. The van der Waals surface area contributed by atoms with Gasteiger partial charge in [-0.15, -0.1) is 0 Å². The van der Waals surface area contributed by atoms with Crippen LogP contribution in [0.25, 0.3) is 0 Å². The third-order valence-electron chi connectivity index (χ3n) is 3.32. The fourth-order valence-electron chi connectivity index (χ4n) is 2.20. The van der Waals surface area contributed by atoms with Crippen molar-refractivity contribution in [1.29, 1.82) is 0 Å². The van der Waals surface area contributed by atoms with Crippen molar-refractivity contribution in [2.24, 2.45) is 4.99 Å². The molecule has 6 heteroatoms. The molecule has 1 aromatic carbocycles. The largest absolute Gasteiger partial charge is 0.496 e. The molecule has 6 nitrogen and oxygen atoms in total. The first-order chi connectivity index (χ1) is 11.2. The summed E-state index contributed by atoms with van der Waals surface area (Å²) in [5.41, 5.74) is 1.01. The van der Waals surface area contributed by atoms with Crippen molar-refractivity contribution in [2.75, 3.05) is 41.0 Å². The van der Waals surface area contributed by atoms with Gasteiger partial charge in [0.2, 0.25) is 0 Å². The van der Waals surface area contributed by atoms with Gasteiger partial charge in [0.05, 0.1) is 21.3 Å². The van der Waals surface area contributed by atoms with Crippen LogP contribution < -0.4 is 24.8 Å². The number of aliphatic imine (C=N–C) groups is 1. The van der Waals surface area contributed by atoms with Crippen LogP contribution in [0.1, 0.15) is 25.8 Å². The SMILES string of the molecule is CCCN=C(NCC)NCCc1c(OC)cc(OC)cc1OC. The Bertz CT molecular complexity index is 479. The Morgan fingerprint density at radius 3 is 2.13 bits per heavy atom. The summed E-state index contributed by atoms with van der Waals surface area (Å²) in [7, 11) is 4.93. The molecule has 0 atom stereocenters. The quantitative estimate of drug-likeness (QED) is 0.539. The summed E-state index contributed by atoms with van der Waals surface area (Å²) < 4.78 is 16.2. The van der Waals surface area contributed by atoms with Gasteiger partial charge in [-0.1, -0.05) is 6.92 Å². The Balaban J connectivity index is 2.79. The minimum atomic E-state index is 0.716. The van der Waals surface area contributed by atoms with Crippen molar-refractivity contribution in [3.63, 3.8) is 0 Å². The fourth-order valence-corrected chi connectivity index (χ4v) is 2.20. The molecule has 0 saturated carbocycles. The number of methoxy groups -OCH3 is 3. The number of nitrogens with zero attached hydrogens (tertiary/aromatic N) is 1. The van der Waals surface area contributed by atoms with Gasteiger partial charge in [0.25, 0.3) is 0 Å². The normalized spacial score (nSPS) is 11.1. The lowest BCUT2D eigenvalue weighted by Gasteiger charge is -2.16. The molecule has 0 amide bonds. The number of hydrogen-bond donors (Lipinski definition) is 2. The lowest BCUT2D eigenvalue weighted by atomic mass is 10.1. The summed E-state index contributed by atoms with van der Waals surface area (Å²) in [6.07, 6.45) is 1.78. The molecule has 0 aliphatic carbocycles. The number of guanidine groups is 1. The highest BCUT2D eigenvalue weighted by Crippen LogP contribution is 2.34. The van der Waals surface area contributed by atoms with Crippen LogP contribution in [-0.2, 0) is 6.42 Å². The Kier molecular flexibility index (Phi) is 8.72. The van der Waals surface area contributed by atoms with Gasteiger partial charge in [-0.05, 0) is 19.8 Å². The highest BCUT2D eigenvalue weighted by molar-refractivity contribution is 5.79. The van der Waals surface area contributed by atoms with Crippen LogP contribution in [0.15, 0.2) is 17.1 Å². The van der Waals surface area contributed by atoms with Crippen molar-refractivity contribution in [1.82, 2.24) is 10.6 Å². The van der Waals surface area contributed by atoms with E-state index in [1.165, 1.54) is 0 Å². The minimum absolute atomic E-state index is 0.716. The summed E-state index contributed by atoms with van der Waals surface area (Å²) in [6.45, 7) is 6.54. The third kappa shape index (κ3) is 5.88. The summed E-state index contributed by atoms with van der Waals surface area (Å²) in [6, 6.07) is 3.74. The van der Waals surface area contributed by atoms with Gasteiger partial charge in [0.1, 0.15) is 17.2 Å². The van der Waals surface area contributed by atoms with Gasteiger partial charge >= 0.3 is 0 Å². The molecule has 1 aromatic rings. The molecule has 0 saturated heterocycles. The number of nitrogens with one attached hydrogen (secondary N) is 2. The Morgan fingerprint density at radius 2 is 1.65 bits per heavy atom. The minimum Gasteiger partial charge on any atom is -0.496 e. The zero-order valence-corrected chi connectivity index (χ0v) is 14.9. The third-order valence-corrected chi connectivity index (χ3v) is 3.32. The molecule has 23 heavy (non-hydrogen) atoms. The van der Waals surface area contributed by atoms with E-state index in [9.17, 15) is 0 Å². The van der Waals surface area contributed by atoms with Gasteiger partial charge < -0.3 is 24.8 Å². The molecule has 0 aliphatic heterocycles. The lowest BCUT2D eigenvalue weighted by molar-refractivity contribution is 0.368. The number of hydrogen-bond acceptors (Lipinski definition) is 4. The number of rotatable bonds is 9. The zero-order valence-electron chi connectivity index (χ0n) is 14.9. The molecular formula is C17H29N3O3. The monoisotopic (exact) mass is 323 g/mol. The van der Waals surface area contributed by atoms with E-state index in [4.69, 9.17) is 14.2 Å². The summed E-state index contributed by atoms with van der Waals surface area (Å²) >= 11 is 0. The molecule has 0 unspecified atom stereocenters. The van der Waals surface area contributed by atoms with Crippen molar-refractivity contribution in [2.45, 2.75) is 26.7 Å². The molecule has 0 fully saturated rings. The highest BCUT2D eigenvalue weighted by Gasteiger charge is 2.13. The molecule has 1 rings (SSSR count). The number of ether oxygens (including phenoxy) is 3. The van der Waals surface area contributed by atoms with Crippen LogP contribution in [0.3, 0.4) is 0 Å². The fraction of sp³-hybridized carbons (Fsp3) is 0.588. The molecule has 0 aromatic heterocycles. The van der Waals surface area contributed by atoms with Gasteiger partial charge in [-0.25, -0.2) is 0 Å². The van der Waals surface area contributed by atoms with E-state index >= 15 is 0 Å². The molecule has 2 N–H and O–H groups in total. The van der Waals surface area contributed by atoms with Gasteiger partial charge in [0.15, 0.2) is 5.96 Å². The van der Waals surface area contributed by atoms with Crippen molar-refractivity contribution in [3.05, 3.63) is 17.7 Å².